The summed E-state index contributed by atoms with van der Waals surface area (Å²) in [6.45, 7) is 3.45. The van der Waals surface area contributed by atoms with Crippen LogP contribution < -0.4 is 0 Å². The predicted molar refractivity (Wildman–Crippen MR) is 110 cm³/mol. The van der Waals surface area contributed by atoms with Gasteiger partial charge in [-0.15, -0.1) is 0 Å². The van der Waals surface area contributed by atoms with Crippen LogP contribution in [0.15, 0.2) is 0 Å². The summed E-state index contributed by atoms with van der Waals surface area (Å²) in [5.41, 5.74) is 0. The van der Waals surface area contributed by atoms with Gasteiger partial charge in [-0.2, -0.15) is 0 Å². The van der Waals surface area contributed by atoms with E-state index >= 15 is 0 Å². The Morgan fingerprint density at radius 3 is 2.21 bits per heavy atom. The second-order valence-corrected chi connectivity index (χ2v) is 9.43. The Balaban J connectivity index is 4.53. The van der Waals surface area contributed by atoms with Gasteiger partial charge in [0.1, 0.15) is 0 Å². The minimum absolute atomic E-state index is 0.217. The fraction of sp³-hybridized carbons (Fsp3) is 0.810. The Morgan fingerprint density at radius 1 is 1.00 bits per heavy atom. The van der Waals surface area contributed by atoms with E-state index in [9.17, 15) is 18.0 Å². The van der Waals surface area contributed by atoms with Crippen LogP contribution in [0.2, 0.25) is 0 Å². The van der Waals surface area contributed by atoms with Crippen LogP contribution in [-0.4, -0.2) is 45.1 Å². The molecule has 162 valence electrons. The monoisotopic (exact) mass is 416 g/mol. The van der Waals surface area contributed by atoms with E-state index in [1.807, 2.05) is 0 Å². The molecule has 0 N–H and O–H groups in total. The molecule has 0 bridgehead atoms. The summed E-state index contributed by atoms with van der Waals surface area (Å²) in [5.74, 6) is 5.27. The Kier molecular flexibility index (Phi) is 14.5. The molecule has 0 aromatic heterocycles. The van der Waals surface area contributed by atoms with Gasteiger partial charge in [0, 0.05) is 26.0 Å². The first-order valence-corrected chi connectivity index (χ1v) is 12.1. The highest BCUT2D eigenvalue weighted by molar-refractivity contribution is 7.91. The first-order chi connectivity index (χ1) is 13.2. The number of carbonyl (C=O) groups excluding carboxylic acids is 2. The number of carbonyl (C=O) groups is 2. The van der Waals surface area contributed by atoms with Crippen LogP contribution in [0.25, 0.3) is 0 Å². The van der Waals surface area contributed by atoms with Gasteiger partial charge < -0.3 is 9.47 Å². The third kappa shape index (κ3) is 14.5. The zero-order valence-electron chi connectivity index (χ0n) is 17.8. The first kappa shape index (κ1) is 26.4. The van der Waals surface area contributed by atoms with E-state index in [0.29, 0.717) is 19.3 Å². The Bertz CT molecular complexity index is 615. The second kappa shape index (κ2) is 15.4. The van der Waals surface area contributed by atoms with Crippen molar-refractivity contribution in [3.8, 4) is 11.8 Å². The molecule has 0 aromatic rings. The van der Waals surface area contributed by atoms with E-state index in [4.69, 9.17) is 4.74 Å². The van der Waals surface area contributed by atoms with E-state index in [1.165, 1.54) is 20.3 Å². The highest BCUT2D eigenvalue weighted by Gasteiger charge is 2.19. The highest BCUT2D eigenvalue weighted by atomic mass is 32.2. The van der Waals surface area contributed by atoms with E-state index in [0.717, 1.165) is 44.9 Å². The van der Waals surface area contributed by atoms with Gasteiger partial charge >= 0.3 is 11.9 Å². The van der Waals surface area contributed by atoms with Crippen LogP contribution in [0.1, 0.15) is 84.5 Å². The molecule has 7 heteroatoms. The van der Waals surface area contributed by atoms with Crippen molar-refractivity contribution >= 4 is 21.8 Å². The SMILES string of the molecule is CCCCC[C@H](C#CCC(CCCCCCC(=O)OC)S(C)(=O)=O)OC(C)=O. The first-order valence-electron chi connectivity index (χ1n) is 10.1. The van der Waals surface area contributed by atoms with Crippen LogP contribution in [0.5, 0.6) is 0 Å². The zero-order chi connectivity index (χ0) is 21.4. The molecule has 0 spiro atoms. The fourth-order valence-corrected chi connectivity index (χ4v) is 3.77. The summed E-state index contributed by atoms with van der Waals surface area (Å²) < 4.78 is 33.9. The maximum atomic E-state index is 12.0. The maximum Gasteiger partial charge on any atom is 0.305 e. The van der Waals surface area contributed by atoms with E-state index in [1.54, 1.807) is 0 Å². The van der Waals surface area contributed by atoms with E-state index < -0.39 is 21.2 Å². The minimum Gasteiger partial charge on any atom is -0.469 e. The van der Waals surface area contributed by atoms with Gasteiger partial charge in [0.2, 0.25) is 0 Å². The number of methoxy groups -OCH3 is 1. The molecule has 0 heterocycles. The molecule has 6 nitrogen and oxygen atoms in total. The van der Waals surface area contributed by atoms with Crippen LogP contribution >= 0.6 is 0 Å². The highest BCUT2D eigenvalue weighted by Crippen LogP contribution is 2.15. The van der Waals surface area contributed by atoms with Crippen LogP contribution in [0, 0.1) is 11.8 Å². The fourth-order valence-electron chi connectivity index (χ4n) is 2.79. The molecule has 0 saturated heterocycles. The Labute approximate surface area is 170 Å². The average molecular weight is 417 g/mol. The van der Waals surface area contributed by atoms with Gasteiger partial charge in [-0.1, -0.05) is 50.9 Å². The average Bonchev–Trinajstić information content (AvgIpc) is 2.61. The van der Waals surface area contributed by atoms with Gasteiger partial charge in [-0.3, -0.25) is 9.59 Å². The lowest BCUT2D eigenvalue weighted by molar-refractivity contribution is -0.144. The molecule has 0 amide bonds. The lowest BCUT2D eigenvalue weighted by Gasteiger charge is -2.13. The molecule has 0 aliphatic carbocycles. The van der Waals surface area contributed by atoms with Gasteiger partial charge in [-0.25, -0.2) is 8.42 Å². The van der Waals surface area contributed by atoms with Crippen molar-refractivity contribution in [3.63, 3.8) is 0 Å². The molecule has 1 unspecified atom stereocenters. The molecule has 0 saturated carbocycles. The van der Waals surface area contributed by atoms with Gasteiger partial charge in [0.05, 0.1) is 12.4 Å². The summed E-state index contributed by atoms with van der Waals surface area (Å²) in [5, 5.41) is -0.519. The normalized spacial score (nSPS) is 13.1. The molecule has 28 heavy (non-hydrogen) atoms. The van der Waals surface area contributed by atoms with Gasteiger partial charge in [-0.05, 0) is 25.7 Å². The lowest BCUT2D eigenvalue weighted by atomic mass is 10.1. The molecule has 2 atom stereocenters. The summed E-state index contributed by atoms with van der Waals surface area (Å²) in [4.78, 5) is 22.3. The van der Waals surface area contributed by atoms with Crippen molar-refractivity contribution in [2.24, 2.45) is 0 Å². The van der Waals surface area contributed by atoms with Gasteiger partial charge in [0.15, 0.2) is 15.9 Å². The summed E-state index contributed by atoms with van der Waals surface area (Å²) in [6.07, 6.45) is 8.89. The van der Waals surface area contributed by atoms with Crippen molar-refractivity contribution < 1.29 is 27.5 Å². The van der Waals surface area contributed by atoms with Crippen LogP contribution in [0.3, 0.4) is 0 Å². The summed E-state index contributed by atoms with van der Waals surface area (Å²) in [7, 11) is -1.83. The largest absolute Gasteiger partial charge is 0.469 e. The zero-order valence-corrected chi connectivity index (χ0v) is 18.6. The summed E-state index contributed by atoms with van der Waals surface area (Å²) >= 11 is 0. The Morgan fingerprint density at radius 2 is 1.64 bits per heavy atom. The molecule has 0 aliphatic rings. The lowest BCUT2D eigenvalue weighted by Crippen LogP contribution is -2.20. The van der Waals surface area contributed by atoms with Crippen LogP contribution in [0.4, 0.5) is 0 Å². The van der Waals surface area contributed by atoms with Crippen molar-refractivity contribution in [2.75, 3.05) is 13.4 Å². The van der Waals surface area contributed by atoms with Gasteiger partial charge in [0.25, 0.3) is 0 Å². The van der Waals surface area contributed by atoms with E-state index in [2.05, 4.69) is 23.5 Å². The van der Waals surface area contributed by atoms with Crippen LogP contribution in [-0.2, 0) is 28.9 Å². The number of ether oxygens (including phenoxy) is 2. The number of esters is 2. The molecular weight excluding hydrogens is 380 g/mol. The third-order valence-corrected chi connectivity index (χ3v) is 6.07. The molecule has 0 rings (SSSR count). The maximum absolute atomic E-state index is 12.0. The van der Waals surface area contributed by atoms with Crippen molar-refractivity contribution in [2.45, 2.75) is 95.8 Å². The molecule has 0 aromatic carbocycles. The summed E-state index contributed by atoms with van der Waals surface area (Å²) in [6, 6.07) is 0. The van der Waals surface area contributed by atoms with E-state index in [-0.39, 0.29) is 18.4 Å². The standard InChI is InChI=1S/C21H36O6S/c1-5-6-9-13-19(27-18(2)22)14-12-16-20(28(4,24)25)15-10-7-8-11-17-21(23)26-3/h19-20H,5-11,13,15-17H2,1-4H3/t19-,20?/m1/s1. The Hall–Kier alpha value is -1.55. The molecular formula is C21H36O6S. The second-order valence-electron chi connectivity index (χ2n) is 7.10. The topological polar surface area (TPSA) is 86.7 Å². The smallest absolute Gasteiger partial charge is 0.305 e. The number of hydrogen-bond donors (Lipinski definition) is 0. The molecule has 0 radical (unpaired) electrons. The predicted octanol–water partition coefficient (Wildman–Crippen LogP) is 3.82. The number of hydrogen-bond acceptors (Lipinski definition) is 6. The number of rotatable bonds is 14. The van der Waals surface area contributed by atoms with Crippen molar-refractivity contribution in [1.82, 2.24) is 0 Å². The quantitative estimate of drug-likeness (QED) is 0.243. The number of unbranched alkanes of at least 4 members (excludes halogenated alkanes) is 5. The third-order valence-electron chi connectivity index (χ3n) is 4.46. The minimum atomic E-state index is -3.20. The number of sulfone groups is 1. The van der Waals surface area contributed by atoms with Crippen molar-refractivity contribution in [1.29, 1.82) is 0 Å². The molecule has 0 aliphatic heterocycles. The van der Waals surface area contributed by atoms with Crippen molar-refractivity contribution in [3.05, 3.63) is 0 Å². The molecule has 0 fully saturated rings.